The van der Waals surface area contributed by atoms with Crippen LogP contribution in [0.2, 0.25) is 0 Å². The molecule has 1 atom stereocenters. The summed E-state index contributed by atoms with van der Waals surface area (Å²) in [7, 11) is 1.65. The van der Waals surface area contributed by atoms with Gasteiger partial charge in [-0.05, 0) is 18.2 Å². The summed E-state index contributed by atoms with van der Waals surface area (Å²) in [4.78, 5) is 4.34. The summed E-state index contributed by atoms with van der Waals surface area (Å²) in [5.41, 5.74) is 1.57. The van der Waals surface area contributed by atoms with Gasteiger partial charge in [0.25, 0.3) is 0 Å². The molecule has 0 spiro atoms. The Bertz CT molecular complexity index is 527. The van der Waals surface area contributed by atoms with E-state index in [2.05, 4.69) is 4.98 Å². The van der Waals surface area contributed by atoms with E-state index in [0.29, 0.717) is 6.42 Å². The lowest BCUT2D eigenvalue weighted by Crippen LogP contribution is -2.30. The van der Waals surface area contributed by atoms with Crippen molar-refractivity contribution < 1.29 is 9.84 Å². The van der Waals surface area contributed by atoms with Gasteiger partial charge in [-0.25, -0.2) is 0 Å². The molecule has 1 unspecified atom stereocenters. The van der Waals surface area contributed by atoms with Crippen molar-refractivity contribution in [3.8, 4) is 5.75 Å². The number of benzene rings is 1. The van der Waals surface area contributed by atoms with Crippen LogP contribution in [0, 0.1) is 0 Å². The lowest BCUT2D eigenvalue weighted by Gasteiger charge is -2.29. The van der Waals surface area contributed by atoms with Crippen LogP contribution in [0.1, 0.15) is 18.2 Å². The molecule has 2 aromatic rings. The molecule has 0 fully saturated rings. The van der Waals surface area contributed by atoms with Crippen molar-refractivity contribution in [2.45, 2.75) is 18.8 Å². The van der Waals surface area contributed by atoms with Gasteiger partial charge < -0.3 is 9.84 Å². The second-order valence-electron chi connectivity index (χ2n) is 4.92. The molecule has 0 bridgehead atoms. The first-order chi connectivity index (χ1) is 9.19. The van der Waals surface area contributed by atoms with Crippen molar-refractivity contribution in [3.05, 3.63) is 59.9 Å². The average molecular weight is 257 g/mol. The maximum absolute atomic E-state index is 9.84. The highest BCUT2D eigenvalue weighted by Crippen LogP contribution is 2.33. The Morgan fingerprint density at radius 1 is 1.16 bits per heavy atom. The second-order valence-corrected chi connectivity index (χ2v) is 4.92. The first-order valence-electron chi connectivity index (χ1n) is 6.34. The minimum atomic E-state index is -0.402. The zero-order valence-corrected chi connectivity index (χ0v) is 11.3. The summed E-state index contributed by atoms with van der Waals surface area (Å²) in [6.07, 6.45) is 2.44. The van der Waals surface area contributed by atoms with Gasteiger partial charge in [0.2, 0.25) is 0 Å². The fraction of sp³-hybridized carbons (Fsp3) is 0.312. The van der Waals surface area contributed by atoms with Gasteiger partial charge in [0.15, 0.2) is 0 Å². The summed E-state index contributed by atoms with van der Waals surface area (Å²) >= 11 is 0. The Morgan fingerprint density at radius 2 is 1.89 bits per heavy atom. The molecule has 0 aliphatic heterocycles. The Kier molecular flexibility index (Phi) is 4.17. The Balaban J connectivity index is 2.36. The number of pyridine rings is 1. The Morgan fingerprint density at radius 3 is 2.53 bits per heavy atom. The first kappa shape index (κ1) is 13.6. The average Bonchev–Trinajstić information content (AvgIpc) is 2.48. The van der Waals surface area contributed by atoms with Gasteiger partial charge in [-0.3, -0.25) is 4.98 Å². The fourth-order valence-corrected chi connectivity index (χ4v) is 2.28. The molecule has 100 valence electrons. The molecule has 0 aliphatic carbocycles. The molecule has 0 saturated carbocycles. The minimum Gasteiger partial charge on any atom is -0.496 e. The highest BCUT2D eigenvalue weighted by atomic mass is 16.5. The number of ether oxygens (including phenoxy) is 1. The maximum atomic E-state index is 9.84. The van der Waals surface area contributed by atoms with E-state index in [1.54, 1.807) is 13.3 Å². The largest absolute Gasteiger partial charge is 0.496 e. The predicted octanol–water partition coefficient (Wildman–Crippen LogP) is 2.58. The number of rotatable bonds is 5. The molecule has 1 aromatic heterocycles. The lowest BCUT2D eigenvalue weighted by atomic mass is 9.78. The Labute approximate surface area is 113 Å². The number of methoxy groups -OCH3 is 1. The van der Waals surface area contributed by atoms with Crippen molar-refractivity contribution >= 4 is 0 Å². The number of hydrogen-bond donors (Lipinski definition) is 1. The van der Waals surface area contributed by atoms with Gasteiger partial charge in [-0.2, -0.15) is 0 Å². The maximum Gasteiger partial charge on any atom is 0.122 e. The van der Waals surface area contributed by atoms with Gasteiger partial charge in [0.1, 0.15) is 5.75 Å². The van der Waals surface area contributed by atoms with E-state index < -0.39 is 5.41 Å². The number of aliphatic hydroxyl groups is 1. The molecular formula is C16H19NO2. The van der Waals surface area contributed by atoms with E-state index in [1.807, 2.05) is 49.4 Å². The second kappa shape index (κ2) is 5.85. The quantitative estimate of drug-likeness (QED) is 0.895. The SMILES string of the molecule is COc1ccccc1C(C)(CO)Cc1ccccn1. The zero-order valence-electron chi connectivity index (χ0n) is 11.3. The van der Waals surface area contributed by atoms with E-state index in [-0.39, 0.29) is 6.61 Å². The highest BCUT2D eigenvalue weighted by molar-refractivity contribution is 5.40. The van der Waals surface area contributed by atoms with Crippen LogP contribution in [-0.2, 0) is 11.8 Å². The van der Waals surface area contributed by atoms with Crippen LogP contribution < -0.4 is 4.74 Å². The van der Waals surface area contributed by atoms with Gasteiger partial charge in [0, 0.05) is 29.3 Å². The Hall–Kier alpha value is -1.87. The molecule has 2 rings (SSSR count). The van der Waals surface area contributed by atoms with Crippen LogP contribution in [-0.4, -0.2) is 23.8 Å². The molecule has 0 amide bonds. The molecule has 1 N–H and O–H groups in total. The number of hydrogen-bond acceptors (Lipinski definition) is 3. The number of para-hydroxylation sites is 1. The predicted molar refractivity (Wildman–Crippen MR) is 75.4 cm³/mol. The lowest BCUT2D eigenvalue weighted by molar-refractivity contribution is 0.200. The van der Waals surface area contributed by atoms with Gasteiger partial charge in [-0.1, -0.05) is 31.2 Å². The van der Waals surface area contributed by atoms with Crippen LogP contribution in [0.15, 0.2) is 48.7 Å². The third-order valence-electron chi connectivity index (χ3n) is 3.40. The number of nitrogens with zero attached hydrogens (tertiary/aromatic N) is 1. The summed E-state index contributed by atoms with van der Waals surface area (Å²) < 4.78 is 5.40. The van der Waals surface area contributed by atoms with E-state index in [0.717, 1.165) is 17.0 Å². The monoisotopic (exact) mass is 257 g/mol. The fourth-order valence-electron chi connectivity index (χ4n) is 2.28. The van der Waals surface area contributed by atoms with Crippen LogP contribution in [0.25, 0.3) is 0 Å². The minimum absolute atomic E-state index is 0.0456. The smallest absolute Gasteiger partial charge is 0.122 e. The standard InChI is InChI=1S/C16H19NO2/c1-16(12-18,11-13-7-5-6-10-17-13)14-8-3-4-9-15(14)19-2/h3-10,18H,11-12H2,1-2H3. The van der Waals surface area contributed by atoms with E-state index >= 15 is 0 Å². The molecule has 19 heavy (non-hydrogen) atoms. The molecule has 3 heteroatoms. The van der Waals surface area contributed by atoms with Crippen molar-refractivity contribution in [2.75, 3.05) is 13.7 Å². The van der Waals surface area contributed by atoms with Crippen LogP contribution >= 0.6 is 0 Å². The molecule has 0 aliphatic rings. The van der Waals surface area contributed by atoms with Crippen molar-refractivity contribution in [3.63, 3.8) is 0 Å². The van der Waals surface area contributed by atoms with Crippen molar-refractivity contribution in [1.29, 1.82) is 0 Å². The number of aliphatic hydroxyl groups excluding tert-OH is 1. The van der Waals surface area contributed by atoms with Gasteiger partial charge in [-0.15, -0.1) is 0 Å². The van der Waals surface area contributed by atoms with Crippen LogP contribution in [0.4, 0.5) is 0 Å². The van der Waals surface area contributed by atoms with E-state index in [4.69, 9.17) is 4.74 Å². The normalized spacial score (nSPS) is 13.8. The number of aromatic nitrogens is 1. The van der Waals surface area contributed by atoms with E-state index in [1.165, 1.54) is 0 Å². The summed E-state index contributed by atoms with van der Waals surface area (Å²) in [5.74, 6) is 0.801. The topological polar surface area (TPSA) is 42.4 Å². The third kappa shape index (κ3) is 2.93. The molecular weight excluding hydrogens is 238 g/mol. The molecule has 1 heterocycles. The first-order valence-corrected chi connectivity index (χ1v) is 6.34. The molecule has 1 aromatic carbocycles. The van der Waals surface area contributed by atoms with Crippen LogP contribution in [0.3, 0.4) is 0 Å². The van der Waals surface area contributed by atoms with Crippen LogP contribution in [0.5, 0.6) is 5.75 Å². The highest BCUT2D eigenvalue weighted by Gasteiger charge is 2.29. The van der Waals surface area contributed by atoms with Crippen molar-refractivity contribution in [1.82, 2.24) is 4.98 Å². The summed E-state index contributed by atoms with van der Waals surface area (Å²) in [5, 5.41) is 9.84. The van der Waals surface area contributed by atoms with Gasteiger partial charge >= 0.3 is 0 Å². The summed E-state index contributed by atoms with van der Waals surface area (Å²) in [6, 6.07) is 13.6. The van der Waals surface area contributed by atoms with E-state index in [9.17, 15) is 5.11 Å². The third-order valence-corrected chi connectivity index (χ3v) is 3.40. The van der Waals surface area contributed by atoms with Crippen molar-refractivity contribution in [2.24, 2.45) is 0 Å². The zero-order chi connectivity index (χ0) is 13.7. The molecule has 3 nitrogen and oxygen atoms in total. The van der Waals surface area contributed by atoms with Gasteiger partial charge in [0.05, 0.1) is 13.7 Å². The summed E-state index contributed by atoms with van der Waals surface area (Å²) in [6.45, 7) is 2.07. The molecule has 0 saturated heterocycles. The molecule has 0 radical (unpaired) electrons.